The van der Waals surface area contributed by atoms with Crippen LogP contribution in [-0.4, -0.2) is 31.4 Å². The number of aromatic hydroxyl groups is 1. The average molecular weight is 357 g/mol. The van der Waals surface area contributed by atoms with Crippen LogP contribution in [0.5, 0.6) is 5.75 Å². The van der Waals surface area contributed by atoms with Crippen molar-refractivity contribution < 1.29 is 44.5 Å². The summed E-state index contributed by atoms with van der Waals surface area (Å²) >= 11 is 0. The fraction of sp³-hybridized carbons (Fsp3) is 0.353. The molecule has 0 radical (unpaired) electrons. The van der Waals surface area contributed by atoms with Gasteiger partial charge in [0.05, 0.1) is 13.2 Å². The highest BCUT2D eigenvalue weighted by Gasteiger charge is 2.20. The Morgan fingerprint density at radius 3 is 2.39 bits per heavy atom. The van der Waals surface area contributed by atoms with Crippen molar-refractivity contribution in [1.82, 2.24) is 0 Å². The van der Waals surface area contributed by atoms with Gasteiger partial charge in [-0.3, -0.25) is 0 Å². The van der Waals surface area contributed by atoms with Crippen molar-refractivity contribution >= 4 is 0 Å². The molecule has 0 bridgehead atoms. The van der Waals surface area contributed by atoms with Gasteiger partial charge in [-0.2, -0.15) is 0 Å². The minimum atomic E-state index is 0. The molecule has 0 amide bonds. The van der Waals surface area contributed by atoms with Gasteiger partial charge in [0.2, 0.25) is 0 Å². The molecule has 3 rings (SSSR count). The standard InChI is InChI=1S/C17H20N2O2.2ClH/c20-17-11-15(10-14-4-2-1-3-5-14)12-18-16(17)13-19-6-8-21-9-7-19;;/h1-5,11-12,20H,6-10,13H2;2*1H. The molecule has 0 atom stereocenters. The predicted molar refractivity (Wildman–Crippen MR) is 79.1 cm³/mol. The Hall–Kier alpha value is -1.33. The first-order valence-electron chi connectivity index (χ1n) is 7.49. The van der Waals surface area contributed by atoms with Gasteiger partial charge in [0, 0.05) is 12.0 Å². The summed E-state index contributed by atoms with van der Waals surface area (Å²) in [5.41, 5.74) is 3.25. The smallest absolute Gasteiger partial charge is 0.276 e. The summed E-state index contributed by atoms with van der Waals surface area (Å²) < 4.78 is 5.36. The molecule has 2 aromatic rings. The molecule has 126 valence electrons. The van der Waals surface area contributed by atoms with Crippen molar-refractivity contribution in [3.8, 4) is 5.75 Å². The number of hydrogen-bond acceptors (Lipinski definition) is 2. The molecule has 1 aromatic heterocycles. The zero-order valence-electron chi connectivity index (χ0n) is 12.9. The van der Waals surface area contributed by atoms with Gasteiger partial charge in [-0.1, -0.05) is 30.3 Å². The van der Waals surface area contributed by atoms with Crippen molar-refractivity contribution in [1.29, 1.82) is 0 Å². The Labute approximate surface area is 149 Å². The molecule has 1 aromatic carbocycles. The number of pyridine rings is 1. The Morgan fingerprint density at radius 1 is 1.04 bits per heavy atom. The lowest BCUT2D eigenvalue weighted by Crippen LogP contribution is -3.13. The molecule has 23 heavy (non-hydrogen) atoms. The number of nitrogens with one attached hydrogen (secondary N) is 2. The van der Waals surface area contributed by atoms with Crippen LogP contribution in [0.25, 0.3) is 0 Å². The molecule has 6 heteroatoms. The van der Waals surface area contributed by atoms with Gasteiger partial charge in [-0.25, -0.2) is 4.98 Å². The average Bonchev–Trinajstić information content (AvgIpc) is 2.52. The number of rotatable bonds is 4. The second kappa shape index (κ2) is 9.73. The molecular formula is C17H22Cl2N2O2. The van der Waals surface area contributed by atoms with E-state index >= 15 is 0 Å². The van der Waals surface area contributed by atoms with E-state index in [1.54, 1.807) is 0 Å². The van der Waals surface area contributed by atoms with Crippen molar-refractivity contribution in [2.75, 3.05) is 26.3 Å². The van der Waals surface area contributed by atoms with E-state index in [2.05, 4.69) is 17.1 Å². The van der Waals surface area contributed by atoms with Crippen LogP contribution in [0.2, 0.25) is 0 Å². The summed E-state index contributed by atoms with van der Waals surface area (Å²) in [6, 6.07) is 12.2. The first-order valence-corrected chi connectivity index (χ1v) is 7.49. The second-order valence-corrected chi connectivity index (χ2v) is 5.57. The van der Waals surface area contributed by atoms with Crippen molar-refractivity contribution in [2.45, 2.75) is 13.0 Å². The monoisotopic (exact) mass is 356 g/mol. The van der Waals surface area contributed by atoms with Crippen LogP contribution < -0.4 is 34.7 Å². The maximum absolute atomic E-state index is 10.2. The van der Waals surface area contributed by atoms with E-state index in [1.807, 2.05) is 30.5 Å². The van der Waals surface area contributed by atoms with Crippen LogP contribution in [0, 0.1) is 0 Å². The van der Waals surface area contributed by atoms with E-state index in [1.165, 1.54) is 10.5 Å². The van der Waals surface area contributed by atoms with Gasteiger partial charge >= 0.3 is 0 Å². The van der Waals surface area contributed by atoms with Gasteiger partial charge in [-0.15, -0.1) is 0 Å². The number of benzene rings is 1. The minimum absolute atomic E-state index is 0. The number of aromatic nitrogens is 1. The zero-order valence-corrected chi connectivity index (χ0v) is 14.4. The van der Waals surface area contributed by atoms with Gasteiger partial charge in [-0.05, 0) is 11.6 Å². The third kappa shape index (κ3) is 5.66. The summed E-state index contributed by atoms with van der Waals surface area (Å²) in [7, 11) is 0. The molecule has 0 aliphatic carbocycles. The van der Waals surface area contributed by atoms with Crippen LogP contribution in [0.15, 0.2) is 42.6 Å². The normalized spacial score (nSPS) is 14.6. The van der Waals surface area contributed by atoms with Crippen molar-refractivity contribution in [3.05, 3.63) is 59.4 Å². The van der Waals surface area contributed by atoms with E-state index in [4.69, 9.17) is 4.74 Å². The number of morpholine rings is 1. The second-order valence-electron chi connectivity index (χ2n) is 5.57. The lowest BCUT2D eigenvalue weighted by Gasteiger charge is -2.22. The third-order valence-electron chi connectivity index (χ3n) is 3.94. The van der Waals surface area contributed by atoms with Gasteiger partial charge in [0.25, 0.3) is 5.69 Å². The van der Waals surface area contributed by atoms with E-state index in [0.29, 0.717) is 5.75 Å². The number of quaternary nitrogens is 1. The van der Waals surface area contributed by atoms with Gasteiger partial charge < -0.3 is 39.6 Å². The SMILES string of the molecule is Oc1cc(Cc2ccccc2)c[nH+]c1C[NH+]1CCOCC1.[Cl-].[Cl-]. The molecule has 1 aliphatic heterocycles. The lowest BCUT2D eigenvalue weighted by atomic mass is 10.1. The molecule has 4 nitrogen and oxygen atoms in total. The zero-order chi connectivity index (χ0) is 14.5. The first kappa shape index (κ1) is 19.7. The Bertz CT molecular complexity index is 590. The summed E-state index contributed by atoms with van der Waals surface area (Å²) in [6.45, 7) is 4.43. The van der Waals surface area contributed by atoms with Crippen LogP contribution in [0.3, 0.4) is 0 Å². The van der Waals surface area contributed by atoms with E-state index in [-0.39, 0.29) is 24.8 Å². The molecule has 1 aliphatic rings. The predicted octanol–water partition coefficient (Wildman–Crippen LogP) is -5.78. The fourth-order valence-corrected chi connectivity index (χ4v) is 2.72. The minimum Gasteiger partial charge on any atom is -1.00 e. The van der Waals surface area contributed by atoms with Crippen LogP contribution >= 0.6 is 0 Å². The molecule has 0 unspecified atom stereocenters. The Kier molecular flexibility index (Phi) is 8.34. The Morgan fingerprint density at radius 2 is 1.74 bits per heavy atom. The summed E-state index contributed by atoms with van der Waals surface area (Å²) in [5, 5.41) is 10.2. The van der Waals surface area contributed by atoms with E-state index in [9.17, 15) is 5.11 Å². The summed E-state index contributed by atoms with van der Waals surface area (Å²) in [6.07, 6.45) is 2.83. The third-order valence-corrected chi connectivity index (χ3v) is 3.94. The highest BCUT2D eigenvalue weighted by molar-refractivity contribution is 5.30. The molecule has 2 heterocycles. The topological polar surface area (TPSA) is 48.0 Å². The number of hydrogen-bond donors (Lipinski definition) is 2. The van der Waals surface area contributed by atoms with Crippen LogP contribution in [0.4, 0.5) is 0 Å². The largest absolute Gasteiger partial charge is 1.00 e. The quantitative estimate of drug-likeness (QED) is 0.573. The molecule has 1 fully saturated rings. The van der Waals surface area contributed by atoms with E-state index < -0.39 is 0 Å². The number of ether oxygens (including phenoxy) is 1. The molecular weight excluding hydrogens is 335 g/mol. The van der Waals surface area contributed by atoms with E-state index in [0.717, 1.165) is 50.5 Å². The van der Waals surface area contributed by atoms with Crippen LogP contribution in [-0.2, 0) is 17.7 Å². The number of halogens is 2. The summed E-state index contributed by atoms with van der Waals surface area (Å²) in [5.74, 6) is 0.363. The first-order chi connectivity index (χ1) is 10.3. The van der Waals surface area contributed by atoms with Gasteiger partial charge in [0.1, 0.15) is 13.1 Å². The highest BCUT2D eigenvalue weighted by atomic mass is 35.5. The maximum Gasteiger partial charge on any atom is 0.276 e. The Balaban J connectivity index is 0.00000132. The maximum atomic E-state index is 10.2. The van der Waals surface area contributed by atoms with Crippen LogP contribution in [0.1, 0.15) is 16.8 Å². The van der Waals surface area contributed by atoms with Gasteiger partial charge in [0.15, 0.2) is 18.5 Å². The van der Waals surface area contributed by atoms with Crippen molar-refractivity contribution in [2.24, 2.45) is 0 Å². The fourth-order valence-electron chi connectivity index (χ4n) is 2.72. The lowest BCUT2D eigenvalue weighted by molar-refractivity contribution is -0.925. The van der Waals surface area contributed by atoms with Crippen molar-refractivity contribution in [3.63, 3.8) is 0 Å². The molecule has 3 N–H and O–H groups in total. The molecule has 1 saturated heterocycles. The summed E-state index contributed by atoms with van der Waals surface area (Å²) in [4.78, 5) is 4.71. The highest BCUT2D eigenvalue weighted by Crippen LogP contribution is 2.15. The number of H-pyrrole nitrogens is 1. The molecule has 0 spiro atoms. The number of aromatic amines is 1. The molecule has 0 saturated carbocycles.